The van der Waals surface area contributed by atoms with Gasteiger partial charge in [0.1, 0.15) is 18.4 Å². The third-order valence-corrected chi connectivity index (χ3v) is 7.90. The first kappa shape index (κ1) is 28.8. The predicted octanol–water partition coefficient (Wildman–Crippen LogP) is 4.53. The van der Waals surface area contributed by atoms with E-state index in [1.165, 1.54) is 41.3 Å². The van der Waals surface area contributed by atoms with Gasteiger partial charge in [-0.25, -0.2) is 12.8 Å². The van der Waals surface area contributed by atoms with Crippen molar-refractivity contribution in [3.63, 3.8) is 0 Å². The lowest BCUT2D eigenvalue weighted by atomic mass is 10.1. The number of carbonyl (C=O) groups excluding carboxylic acids is 2. The van der Waals surface area contributed by atoms with E-state index in [0.29, 0.717) is 11.3 Å². The fourth-order valence-corrected chi connectivity index (χ4v) is 5.36. The van der Waals surface area contributed by atoms with E-state index in [1.807, 2.05) is 32.9 Å². The number of hydrogen-bond acceptors (Lipinski definition) is 4. The second-order valence-electron chi connectivity index (χ2n) is 9.33. The number of sulfonamides is 1. The Kier molecular flexibility index (Phi) is 9.63. The number of nitrogens with one attached hydrogen (secondary N) is 1. The maximum absolute atomic E-state index is 13.8. The summed E-state index contributed by atoms with van der Waals surface area (Å²) in [5.74, 6) is -1.37. The predicted molar refractivity (Wildman–Crippen MR) is 146 cm³/mol. The van der Waals surface area contributed by atoms with Crippen LogP contribution in [-0.4, -0.2) is 43.8 Å². The van der Waals surface area contributed by atoms with Gasteiger partial charge in [0.2, 0.25) is 11.8 Å². The minimum atomic E-state index is -4.11. The zero-order valence-corrected chi connectivity index (χ0v) is 22.9. The molecule has 0 aliphatic carbocycles. The Labute approximate surface area is 224 Å². The fourth-order valence-electron chi connectivity index (χ4n) is 3.92. The van der Waals surface area contributed by atoms with Crippen LogP contribution in [0.15, 0.2) is 83.8 Å². The van der Waals surface area contributed by atoms with Gasteiger partial charge in [0.25, 0.3) is 10.0 Å². The number of rotatable bonds is 11. The molecule has 202 valence electrons. The van der Waals surface area contributed by atoms with Crippen LogP contribution in [0.1, 0.15) is 38.8 Å². The Morgan fingerprint density at radius 1 is 0.868 bits per heavy atom. The molecule has 0 aromatic heterocycles. The number of halogens is 1. The van der Waals surface area contributed by atoms with E-state index in [1.54, 1.807) is 37.3 Å². The molecule has 3 rings (SSSR count). The molecule has 0 saturated carbocycles. The van der Waals surface area contributed by atoms with Crippen LogP contribution in [0.5, 0.6) is 0 Å². The summed E-state index contributed by atoms with van der Waals surface area (Å²) >= 11 is 0. The first-order valence-corrected chi connectivity index (χ1v) is 14.0. The van der Waals surface area contributed by atoms with Crippen LogP contribution in [0.4, 0.5) is 10.1 Å². The second-order valence-corrected chi connectivity index (χ2v) is 11.2. The highest BCUT2D eigenvalue weighted by atomic mass is 32.2. The molecule has 0 heterocycles. The summed E-state index contributed by atoms with van der Waals surface area (Å²) in [5.41, 5.74) is 1.96. The number of aryl methyl sites for hydroxylation is 1. The Hall–Kier alpha value is -3.72. The van der Waals surface area contributed by atoms with Gasteiger partial charge in [-0.1, -0.05) is 49.4 Å². The first-order chi connectivity index (χ1) is 18.0. The van der Waals surface area contributed by atoms with Crippen LogP contribution >= 0.6 is 0 Å². The molecule has 0 aliphatic heterocycles. The number of nitrogens with zero attached hydrogens (tertiary/aromatic N) is 2. The van der Waals surface area contributed by atoms with E-state index in [-0.39, 0.29) is 23.4 Å². The summed E-state index contributed by atoms with van der Waals surface area (Å²) in [5, 5.41) is 2.80. The van der Waals surface area contributed by atoms with Crippen molar-refractivity contribution in [2.45, 2.75) is 57.6 Å². The molecular weight excluding hydrogens is 505 g/mol. The van der Waals surface area contributed by atoms with Crippen molar-refractivity contribution in [2.75, 3.05) is 10.8 Å². The molecular formula is C29H34FN3O4S. The molecule has 0 radical (unpaired) electrons. The number of hydrogen-bond donors (Lipinski definition) is 1. The molecule has 2 amide bonds. The van der Waals surface area contributed by atoms with Crippen molar-refractivity contribution in [2.24, 2.45) is 0 Å². The van der Waals surface area contributed by atoms with Crippen LogP contribution in [0, 0.1) is 5.82 Å². The average Bonchev–Trinajstić information content (AvgIpc) is 2.91. The summed E-state index contributed by atoms with van der Waals surface area (Å²) in [6, 6.07) is 19.4. The maximum atomic E-state index is 13.8. The van der Waals surface area contributed by atoms with Gasteiger partial charge in [0.05, 0.1) is 10.6 Å². The normalized spacial score (nSPS) is 12.2. The van der Waals surface area contributed by atoms with Gasteiger partial charge in [-0.2, -0.15) is 0 Å². The van der Waals surface area contributed by atoms with E-state index in [9.17, 15) is 22.4 Å². The Bertz CT molecular complexity index is 1330. The van der Waals surface area contributed by atoms with Crippen molar-refractivity contribution >= 4 is 27.5 Å². The summed E-state index contributed by atoms with van der Waals surface area (Å²) in [6.45, 7) is 6.68. The van der Waals surface area contributed by atoms with E-state index < -0.39 is 34.3 Å². The van der Waals surface area contributed by atoms with Crippen molar-refractivity contribution in [1.29, 1.82) is 0 Å². The zero-order chi connectivity index (χ0) is 27.9. The van der Waals surface area contributed by atoms with Crippen LogP contribution in [-0.2, 0) is 32.6 Å². The number of anilines is 1. The van der Waals surface area contributed by atoms with Gasteiger partial charge in [-0.05, 0) is 74.7 Å². The number of amides is 2. The van der Waals surface area contributed by atoms with Crippen molar-refractivity contribution in [3.8, 4) is 0 Å². The Morgan fingerprint density at radius 3 is 2.00 bits per heavy atom. The lowest BCUT2D eigenvalue weighted by Crippen LogP contribution is -2.52. The van der Waals surface area contributed by atoms with E-state index in [0.717, 1.165) is 16.3 Å². The van der Waals surface area contributed by atoms with Crippen LogP contribution in [0.3, 0.4) is 0 Å². The number of carbonyl (C=O) groups is 2. The minimum Gasteiger partial charge on any atom is -0.352 e. The van der Waals surface area contributed by atoms with Gasteiger partial charge in [-0.15, -0.1) is 0 Å². The molecule has 3 aromatic rings. The minimum absolute atomic E-state index is 0.000206. The number of benzene rings is 3. The zero-order valence-electron chi connectivity index (χ0n) is 22.1. The summed E-state index contributed by atoms with van der Waals surface area (Å²) < 4.78 is 42.0. The molecule has 7 nitrogen and oxygen atoms in total. The molecule has 0 fully saturated rings. The van der Waals surface area contributed by atoms with Crippen LogP contribution in [0.2, 0.25) is 0 Å². The van der Waals surface area contributed by atoms with Gasteiger partial charge >= 0.3 is 0 Å². The first-order valence-electron chi connectivity index (χ1n) is 12.5. The molecule has 3 aromatic carbocycles. The molecule has 0 aliphatic rings. The SMILES string of the molecule is CCc1ccc(N(CC(=O)N(Cc2ccc(F)cc2)[C@H](C)C(=O)NC(C)C)S(=O)(=O)c2ccccc2)cc1. The molecule has 0 spiro atoms. The third-order valence-electron chi connectivity index (χ3n) is 6.11. The van der Waals surface area contributed by atoms with E-state index >= 15 is 0 Å². The van der Waals surface area contributed by atoms with Gasteiger partial charge in [0, 0.05) is 12.6 Å². The molecule has 9 heteroatoms. The van der Waals surface area contributed by atoms with Crippen molar-refractivity contribution < 1.29 is 22.4 Å². The molecule has 0 unspecified atom stereocenters. The lowest BCUT2D eigenvalue weighted by Gasteiger charge is -2.32. The highest BCUT2D eigenvalue weighted by Crippen LogP contribution is 2.25. The monoisotopic (exact) mass is 539 g/mol. The molecule has 38 heavy (non-hydrogen) atoms. The largest absolute Gasteiger partial charge is 0.352 e. The topological polar surface area (TPSA) is 86.8 Å². The Morgan fingerprint density at radius 2 is 1.45 bits per heavy atom. The van der Waals surface area contributed by atoms with Crippen molar-refractivity contribution in [1.82, 2.24) is 10.2 Å². The highest BCUT2D eigenvalue weighted by molar-refractivity contribution is 7.92. The smallest absolute Gasteiger partial charge is 0.264 e. The van der Waals surface area contributed by atoms with Crippen LogP contribution < -0.4 is 9.62 Å². The maximum Gasteiger partial charge on any atom is 0.264 e. The molecule has 0 bridgehead atoms. The molecule has 0 saturated heterocycles. The second kappa shape index (κ2) is 12.7. The fraction of sp³-hybridized carbons (Fsp3) is 0.310. The standard InChI is InChI=1S/C29H34FN3O4S/c1-5-23-13-17-26(18-14-23)33(38(36,37)27-9-7-6-8-10-27)20-28(34)32(22(4)29(35)31-21(2)3)19-24-11-15-25(30)16-12-24/h6-18,21-22H,5,19-20H2,1-4H3,(H,31,35)/t22-/m1/s1. The summed E-state index contributed by atoms with van der Waals surface area (Å²) in [4.78, 5) is 28.1. The average molecular weight is 540 g/mol. The van der Waals surface area contributed by atoms with Gasteiger partial charge in [0.15, 0.2) is 0 Å². The van der Waals surface area contributed by atoms with Gasteiger partial charge in [-0.3, -0.25) is 13.9 Å². The lowest BCUT2D eigenvalue weighted by molar-refractivity contribution is -0.139. The molecule has 1 atom stereocenters. The third kappa shape index (κ3) is 7.19. The van der Waals surface area contributed by atoms with Crippen LogP contribution in [0.25, 0.3) is 0 Å². The summed E-state index contributed by atoms with van der Waals surface area (Å²) in [7, 11) is -4.11. The quantitative estimate of drug-likeness (QED) is 0.388. The Balaban J connectivity index is 2.01. The van der Waals surface area contributed by atoms with E-state index in [2.05, 4.69) is 5.32 Å². The highest BCUT2D eigenvalue weighted by Gasteiger charge is 2.32. The van der Waals surface area contributed by atoms with Gasteiger partial charge < -0.3 is 10.2 Å². The molecule has 1 N–H and O–H groups in total. The van der Waals surface area contributed by atoms with Crippen molar-refractivity contribution in [3.05, 3.63) is 95.8 Å². The summed E-state index contributed by atoms with van der Waals surface area (Å²) in [6.07, 6.45) is 0.776. The van der Waals surface area contributed by atoms with E-state index in [4.69, 9.17) is 0 Å².